The molecule has 5 rings (SSSR count). The van der Waals surface area contributed by atoms with E-state index in [1.54, 1.807) is 0 Å². The Morgan fingerprint density at radius 2 is 1.66 bits per heavy atom. The molecule has 1 aliphatic heterocycles. The largest absolute Gasteiger partial charge is 0.335 e. The summed E-state index contributed by atoms with van der Waals surface area (Å²) in [6.07, 6.45) is 4.82. The molecule has 0 aliphatic carbocycles. The Kier molecular flexibility index (Phi) is 5.59. The van der Waals surface area contributed by atoms with Crippen LogP contribution in [0.5, 0.6) is 0 Å². The van der Waals surface area contributed by atoms with E-state index >= 15 is 0 Å². The Labute approximate surface area is 188 Å². The highest BCUT2D eigenvalue weighted by Gasteiger charge is 2.36. The summed E-state index contributed by atoms with van der Waals surface area (Å²) in [5.41, 5.74) is 4.44. The van der Waals surface area contributed by atoms with Crippen LogP contribution in [0.3, 0.4) is 0 Å². The number of likely N-dealkylation sites (tertiary alicyclic amines) is 1. The summed E-state index contributed by atoms with van der Waals surface area (Å²) < 4.78 is 2.27. The minimum absolute atomic E-state index is 0.0597. The van der Waals surface area contributed by atoms with Gasteiger partial charge in [-0.2, -0.15) is 0 Å². The summed E-state index contributed by atoms with van der Waals surface area (Å²) in [5.74, 6) is 1.29. The number of carbonyl (C=O) groups excluding carboxylic acids is 1. The van der Waals surface area contributed by atoms with Gasteiger partial charge in [-0.15, -0.1) is 0 Å². The molecule has 1 saturated heterocycles. The van der Waals surface area contributed by atoms with Crippen molar-refractivity contribution in [1.29, 1.82) is 0 Å². The molecule has 32 heavy (non-hydrogen) atoms. The zero-order valence-electron chi connectivity index (χ0n) is 18.3. The Morgan fingerprint density at radius 3 is 2.44 bits per heavy atom. The first-order valence-corrected chi connectivity index (χ1v) is 11.2. The molecule has 1 aromatic heterocycles. The summed E-state index contributed by atoms with van der Waals surface area (Å²) in [7, 11) is 0. The summed E-state index contributed by atoms with van der Waals surface area (Å²) in [6.45, 7) is 3.53. The van der Waals surface area contributed by atoms with Crippen molar-refractivity contribution in [1.82, 2.24) is 14.5 Å². The lowest BCUT2D eigenvalue weighted by atomic mass is 10.1. The minimum atomic E-state index is 0.0597. The minimum Gasteiger partial charge on any atom is -0.335 e. The lowest BCUT2D eigenvalue weighted by Crippen LogP contribution is -2.28. The number of allylic oxidation sites excluding steroid dienone is 1. The molecule has 2 unspecified atom stereocenters. The topological polar surface area (TPSA) is 38.1 Å². The smallest absolute Gasteiger partial charge is 0.223 e. The van der Waals surface area contributed by atoms with Gasteiger partial charge in [-0.25, -0.2) is 4.98 Å². The van der Waals surface area contributed by atoms with Crippen LogP contribution >= 0.6 is 0 Å². The summed E-state index contributed by atoms with van der Waals surface area (Å²) in [6, 6.07) is 28.9. The SMILES string of the molecule is CC(c1ccccc1)N1CC(c2nc3ccccc3n2C/C=C/c2ccccc2)CC1=O. The molecule has 1 aliphatic rings. The van der Waals surface area contributed by atoms with E-state index in [9.17, 15) is 4.79 Å². The Bertz CT molecular complexity index is 1240. The fourth-order valence-electron chi connectivity index (χ4n) is 4.65. The van der Waals surface area contributed by atoms with Crippen molar-refractivity contribution in [2.45, 2.75) is 31.8 Å². The average molecular weight is 422 g/mol. The standard InChI is InChI=1S/C28H27N3O/c1-21(23-14-6-3-7-15-23)31-20-24(19-27(31)32)28-29-25-16-8-9-17-26(25)30(28)18-10-13-22-11-4-2-5-12-22/h2-17,21,24H,18-20H2,1H3/b13-10+. The van der Waals surface area contributed by atoms with Crippen LogP contribution in [0.25, 0.3) is 17.1 Å². The molecule has 1 amide bonds. The van der Waals surface area contributed by atoms with E-state index in [1.165, 1.54) is 11.1 Å². The van der Waals surface area contributed by atoms with Crippen molar-refractivity contribution in [3.05, 3.63) is 108 Å². The summed E-state index contributed by atoms with van der Waals surface area (Å²) in [4.78, 5) is 19.9. The number of amides is 1. The number of aromatic nitrogens is 2. The highest BCUT2D eigenvalue weighted by atomic mass is 16.2. The van der Waals surface area contributed by atoms with Gasteiger partial charge in [0.2, 0.25) is 5.91 Å². The molecule has 4 aromatic rings. The molecule has 2 atom stereocenters. The average Bonchev–Trinajstić information content (AvgIpc) is 3.40. The number of hydrogen-bond acceptors (Lipinski definition) is 2. The van der Waals surface area contributed by atoms with Crippen molar-refractivity contribution in [3.63, 3.8) is 0 Å². The second kappa shape index (κ2) is 8.83. The van der Waals surface area contributed by atoms with Gasteiger partial charge >= 0.3 is 0 Å². The number of rotatable bonds is 6. The zero-order valence-corrected chi connectivity index (χ0v) is 18.3. The monoisotopic (exact) mass is 421 g/mol. The van der Waals surface area contributed by atoms with E-state index in [4.69, 9.17) is 4.98 Å². The molecule has 4 nitrogen and oxygen atoms in total. The van der Waals surface area contributed by atoms with E-state index in [0.717, 1.165) is 23.4 Å². The maximum absolute atomic E-state index is 13.0. The molecule has 0 spiro atoms. The van der Waals surface area contributed by atoms with Crippen LogP contribution in [0.2, 0.25) is 0 Å². The molecule has 0 N–H and O–H groups in total. The van der Waals surface area contributed by atoms with Crippen molar-refractivity contribution < 1.29 is 4.79 Å². The fraction of sp³-hybridized carbons (Fsp3) is 0.214. The Morgan fingerprint density at radius 1 is 0.969 bits per heavy atom. The fourth-order valence-corrected chi connectivity index (χ4v) is 4.65. The van der Waals surface area contributed by atoms with Gasteiger partial charge in [0.1, 0.15) is 5.82 Å². The third-order valence-corrected chi connectivity index (χ3v) is 6.36. The Hall–Kier alpha value is -3.66. The molecular weight excluding hydrogens is 394 g/mol. The molecule has 0 bridgehead atoms. The number of benzene rings is 3. The van der Waals surface area contributed by atoms with Crippen LogP contribution in [0.4, 0.5) is 0 Å². The van der Waals surface area contributed by atoms with Crippen LogP contribution in [-0.2, 0) is 11.3 Å². The lowest BCUT2D eigenvalue weighted by molar-refractivity contribution is -0.129. The molecule has 160 valence electrons. The number of nitrogens with zero attached hydrogens (tertiary/aromatic N) is 3. The van der Waals surface area contributed by atoms with Gasteiger partial charge < -0.3 is 9.47 Å². The van der Waals surface area contributed by atoms with E-state index in [2.05, 4.69) is 66.1 Å². The molecule has 3 aromatic carbocycles. The molecule has 2 heterocycles. The number of para-hydroxylation sites is 2. The van der Waals surface area contributed by atoms with Gasteiger partial charge in [-0.05, 0) is 30.2 Å². The zero-order chi connectivity index (χ0) is 21.9. The van der Waals surface area contributed by atoms with E-state index < -0.39 is 0 Å². The molecule has 0 saturated carbocycles. The quantitative estimate of drug-likeness (QED) is 0.393. The second-order valence-corrected chi connectivity index (χ2v) is 8.42. The van der Waals surface area contributed by atoms with Crippen molar-refractivity contribution in [2.75, 3.05) is 6.54 Å². The Balaban J connectivity index is 1.43. The van der Waals surface area contributed by atoms with Gasteiger partial charge in [-0.3, -0.25) is 4.79 Å². The van der Waals surface area contributed by atoms with Crippen molar-refractivity contribution in [3.8, 4) is 0 Å². The number of imidazole rings is 1. The second-order valence-electron chi connectivity index (χ2n) is 8.42. The first-order valence-electron chi connectivity index (χ1n) is 11.2. The van der Waals surface area contributed by atoms with Crippen LogP contribution in [0, 0.1) is 0 Å². The maximum atomic E-state index is 13.0. The predicted octanol–water partition coefficient (Wildman–Crippen LogP) is 5.83. The van der Waals surface area contributed by atoms with Gasteiger partial charge in [0.25, 0.3) is 0 Å². The molecule has 0 radical (unpaired) electrons. The normalized spacial score (nSPS) is 17.5. The van der Waals surface area contributed by atoms with E-state index in [-0.39, 0.29) is 17.9 Å². The van der Waals surface area contributed by atoms with Crippen LogP contribution in [0.1, 0.15) is 42.3 Å². The van der Waals surface area contributed by atoms with Gasteiger partial charge in [0, 0.05) is 25.4 Å². The summed E-state index contributed by atoms with van der Waals surface area (Å²) >= 11 is 0. The highest BCUT2D eigenvalue weighted by molar-refractivity contribution is 5.81. The first-order chi connectivity index (χ1) is 15.7. The maximum Gasteiger partial charge on any atom is 0.223 e. The van der Waals surface area contributed by atoms with Gasteiger partial charge in [0.05, 0.1) is 17.1 Å². The molecule has 1 fully saturated rings. The van der Waals surface area contributed by atoms with Crippen molar-refractivity contribution in [2.24, 2.45) is 0 Å². The van der Waals surface area contributed by atoms with E-state index in [0.29, 0.717) is 13.0 Å². The van der Waals surface area contributed by atoms with Gasteiger partial charge in [0.15, 0.2) is 0 Å². The summed E-state index contributed by atoms with van der Waals surface area (Å²) in [5, 5.41) is 0. The van der Waals surface area contributed by atoms with Crippen molar-refractivity contribution >= 4 is 23.0 Å². The third kappa shape index (κ3) is 3.96. The molecule has 4 heteroatoms. The lowest BCUT2D eigenvalue weighted by Gasteiger charge is -2.25. The highest BCUT2D eigenvalue weighted by Crippen LogP contribution is 2.35. The van der Waals surface area contributed by atoms with Crippen LogP contribution in [0.15, 0.2) is 91.0 Å². The third-order valence-electron chi connectivity index (χ3n) is 6.36. The van der Waals surface area contributed by atoms with Gasteiger partial charge in [-0.1, -0.05) is 84.9 Å². The first kappa shape index (κ1) is 20.3. The van der Waals surface area contributed by atoms with Crippen LogP contribution < -0.4 is 0 Å². The van der Waals surface area contributed by atoms with E-state index in [1.807, 2.05) is 47.4 Å². The molecular formula is C28H27N3O. The number of hydrogen-bond donors (Lipinski definition) is 0. The number of carbonyl (C=O) groups is 1. The predicted molar refractivity (Wildman–Crippen MR) is 129 cm³/mol. The number of fused-ring (bicyclic) bond motifs is 1. The van der Waals surface area contributed by atoms with Crippen LogP contribution in [-0.4, -0.2) is 26.9 Å².